The van der Waals surface area contributed by atoms with Crippen LogP contribution in [-0.2, 0) is 10.0 Å². The number of nitrogens with one attached hydrogen (secondary N) is 1. The molecule has 0 aliphatic carbocycles. The number of anilines is 2. The molecule has 0 unspecified atom stereocenters. The summed E-state index contributed by atoms with van der Waals surface area (Å²) in [4.78, 5) is 16.9. The van der Waals surface area contributed by atoms with Crippen molar-refractivity contribution in [2.75, 3.05) is 35.8 Å². The van der Waals surface area contributed by atoms with Crippen molar-refractivity contribution in [3.63, 3.8) is 0 Å². The van der Waals surface area contributed by atoms with Crippen molar-refractivity contribution in [1.82, 2.24) is 4.90 Å². The minimum absolute atomic E-state index is 0.0476. The van der Waals surface area contributed by atoms with Crippen LogP contribution in [0.15, 0.2) is 71.6 Å². The Hall–Kier alpha value is -3.59. The molecule has 1 saturated heterocycles. The highest BCUT2D eigenvalue weighted by Gasteiger charge is 2.26. The Kier molecular flexibility index (Phi) is 6.24. The van der Waals surface area contributed by atoms with Gasteiger partial charge in [-0.3, -0.25) is 9.52 Å². The lowest BCUT2D eigenvalue weighted by atomic mass is 10.1. The van der Waals surface area contributed by atoms with E-state index in [1.807, 2.05) is 17.0 Å². The lowest BCUT2D eigenvalue weighted by Gasteiger charge is -2.36. The zero-order chi connectivity index (χ0) is 23.6. The molecule has 33 heavy (non-hydrogen) atoms. The summed E-state index contributed by atoms with van der Waals surface area (Å²) in [5, 5.41) is 10.1. The zero-order valence-electron chi connectivity index (χ0n) is 18.0. The number of nitrogens with zero attached hydrogens (tertiary/aromatic N) is 2. The number of aromatic hydroxyl groups is 1. The van der Waals surface area contributed by atoms with Gasteiger partial charge in [0.25, 0.3) is 15.9 Å². The van der Waals surface area contributed by atoms with E-state index >= 15 is 0 Å². The van der Waals surface area contributed by atoms with Gasteiger partial charge in [0, 0.05) is 37.4 Å². The Morgan fingerprint density at radius 1 is 0.970 bits per heavy atom. The summed E-state index contributed by atoms with van der Waals surface area (Å²) >= 11 is 0. The van der Waals surface area contributed by atoms with E-state index < -0.39 is 15.8 Å². The number of carbonyl (C=O) groups is 1. The molecule has 1 aliphatic heterocycles. The third-order valence-electron chi connectivity index (χ3n) is 5.64. The third-order valence-corrected chi connectivity index (χ3v) is 7.01. The summed E-state index contributed by atoms with van der Waals surface area (Å²) in [5.74, 6) is -0.522. The van der Waals surface area contributed by atoms with Crippen molar-refractivity contribution >= 4 is 27.3 Å². The lowest BCUT2D eigenvalue weighted by molar-refractivity contribution is 0.0745. The number of halogens is 1. The zero-order valence-corrected chi connectivity index (χ0v) is 18.8. The van der Waals surface area contributed by atoms with Crippen LogP contribution in [0.4, 0.5) is 15.8 Å². The summed E-state index contributed by atoms with van der Waals surface area (Å²) in [5.41, 5.74) is 1.93. The average Bonchev–Trinajstić information content (AvgIpc) is 2.81. The van der Waals surface area contributed by atoms with Crippen molar-refractivity contribution in [2.24, 2.45) is 0 Å². The van der Waals surface area contributed by atoms with Crippen LogP contribution in [0.5, 0.6) is 5.75 Å². The fraction of sp³-hybridized carbons (Fsp3) is 0.208. The Labute approximate surface area is 192 Å². The Morgan fingerprint density at radius 3 is 2.30 bits per heavy atom. The van der Waals surface area contributed by atoms with Gasteiger partial charge in [-0.2, -0.15) is 0 Å². The summed E-state index contributed by atoms with van der Waals surface area (Å²) in [6.07, 6.45) is 0. The van der Waals surface area contributed by atoms with Gasteiger partial charge in [-0.1, -0.05) is 18.2 Å². The number of rotatable bonds is 5. The number of sulfonamides is 1. The van der Waals surface area contributed by atoms with Crippen LogP contribution in [0, 0.1) is 12.7 Å². The third kappa shape index (κ3) is 4.93. The van der Waals surface area contributed by atoms with Gasteiger partial charge in [-0.15, -0.1) is 0 Å². The molecule has 2 N–H and O–H groups in total. The van der Waals surface area contributed by atoms with Crippen molar-refractivity contribution < 1.29 is 22.7 Å². The molecule has 0 atom stereocenters. The van der Waals surface area contributed by atoms with Crippen LogP contribution in [0.3, 0.4) is 0 Å². The molecule has 7 nitrogen and oxygen atoms in total. The van der Waals surface area contributed by atoms with Gasteiger partial charge in [-0.05, 0) is 61.0 Å². The van der Waals surface area contributed by atoms with E-state index in [0.29, 0.717) is 37.3 Å². The number of benzene rings is 3. The Balaban J connectivity index is 1.50. The van der Waals surface area contributed by atoms with Crippen LogP contribution in [0.25, 0.3) is 0 Å². The number of piperazine rings is 1. The number of phenolic OH excluding ortho intramolecular Hbond substituents is 1. The fourth-order valence-electron chi connectivity index (χ4n) is 3.78. The number of hydrogen-bond acceptors (Lipinski definition) is 5. The van der Waals surface area contributed by atoms with Gasteiger partial charge in [0.15, 0.2) is 0 Å². The second-order valence-electron chi connectivity index (χ2n) is 7.86. The summed E-state index contributed by atoms with van der Waals surface area (Å²) in [6.45, 7) is 3.74. The number of aryl methyl sites for hydroxylation is 1. The number of para-hydroxylation sites is 2. The van der Waals surface area contributed by atoms with Gasteiger partial charge in [0.05, 0.1) is 10.6 Å². The first-order valence-corrected chi connectivity index (χ1v) is 11.9. The largest absolute Gasteiger partial charge is 0.506 e. The molecule has 3 aromatic rings. The van der Waals surface area contributed by atoms with E-state index in [1.165, 1.54) is 24.3 Å². The molecule has 0 saturated carbocycles. The van der Waals surface area contributed by atoms with E-state index in [4.69, 9.17) is 0 Å². The normalized spacial score (nSPS) is 14.2. The number of phenols is 1. The second kappa shape index (κ2) is 9.11. The molecule has 4 rings (SSSR count). The highest BCUT2D eigenvalue weighted by Crippen LogP contribution is 2.28. The van der Waals surface area contributed by atoms with E-state index in [9.17, 15) is 22.7 Å². The van der Waals surface area contributed by atoms with Crippen LogP contribution in [0.1, 0.15) is 15.9 Å². The molecule has 1 amide bonds. The lowest BCUT2D eigenvalue weighted by Crippen LogP contribution is -2.49. The molecule has 3 aromatic carbocycles. The van der Waals surface area contributed by atoms with Gasteiger partial charge < -0.3 is 14.9 Å². The van der Waals surface area contributed by atoms with E-state index in [1.54, 1.807) is 30.0 Å². The smallest absolute Gasteiger partial charge is 0.261 e. The molecule has 0 bridgehead atoms. The summed E-state index contributed by atoms with van der Waals surface area (Å²) < 4.78 is 41.2. The molecule has 1 heterocycles. The molecule has 9 heteroatoms. The van der Waals surface area contributed by atoms with Gasteiger partial charge in [0.1, 0.15) is 11.6 Å². The topological polar surface area (TPSA) is 90.0 Å². The van der Waals surface area contributed by atoms with Gasteiger partial charge >= 0.3 is 0 Å². The number of carbonyl (C=O) groups excluding carboxylic acids is 1. The molecular formula is C24H24FN3O4S. The maximum absolute atomic E-state index is 13.2. The van der Waals surface area contributed by atoms with Gasteiger partial charge in [-0.25, -0.2) is 12.8 Å². The van der Waals surface area contributed by atoms with Crippen LogP contribution in [0.2, 0.25) is 0 Å². The average molecular weight is 470 g/mol. The second-order valence-corrected chi connectivity index (χ2v) is 9.54. The predicted molar refractivity (Wildman–Crippen MR) is 125 cm³/mol. The van der Waals surface area contributed by atoms with Crippen LogP contribution >= 0.6 is 0 Å². The molecule has 0 spiro atoms. The van der Waals surface area contributed by atoms with Gasteiger partial charge in [0.2, 0.25) is 0 Å². The highest BCUT2D eigenvalue weighted by molar-refractivity contribution is 7.92. The Morgan fingerprint density at radius 2 is 1.64 bits per heavy atom. The molecule has 0 aromatic heterocycles. The number of hydrogen-bond donors (Lipinski definition) is 2. The van der Waals surface area contributed by atoms with E-state index in [-0.39, 0.29) is 22.2 Å². The maximum Gasteiger partial charge on any atom is 0.261 e. The standard InChI is InChI=1S/C24H24FN3O4S/c1-17-6-11-20(33(31,32)26-19-9-7-18(25)8-10-19)16-21(17)24(30)28-14-12-27(13-15-28)22-4-2-3-5-23(22)29/h2-11,16,26,29H,12-15H2,1H3. The minimum atomic E-state index is -3.96. The first-order chi connectivity index (χ1) is 15.7. The van der Waals surface area contributed by atoms with E-state index in [2.05, 4.69) is 4.72 Å². The highest BCUT2D eigenvalue weighted by atomic mass is 32.2. The summed E-state index contributed by atoms with van der Waals surface area (Å²) in [6, 6.07) is 16.5. The predicted octanol–water partition coefficient (Wildman–Crippen LogP) is 3.60. The first-order valence-electron chi connectivity index (χ1n) is 10.5. The van der Waals surface area contributed by atoms with Crippen molar-refractivity contribution in [2.45, 2.75) is 11.8 Å². The van der Waals surface area contributed by atoms with Crippen molar-refractivity contribution in [1.29, 1.82) is 0 Å². The monoisotopic (exact) mass is 469 g/mol. The van der Waals surface area contributed by atoms with Crippen LogP contribution in [-0.4, -0.2) is 50.5 Å². The molecule has 0 radical (unpaired) electrons. The fourth-order valence-corrected chi connectivity index (χ4v) is 4.87. The quantitative estimate of drug-likeness (QED) is 0.596. The SMILES string of the molecule is Cc1ccc(S(=O)(=O)Nc2ccc(F)cc2)cc1C(=O)N1CCN(c2ccccc2O)CC1. The first kappa shape index (κ1) is 22.6. The van der Waals surface area contributed by atoms with Crippen molar-refractivity contribution in [3.05, 3.63) is 83.7 Å². The Bertz CT molecular complexity index is 1270. The molecular weight excluding hydrogens is 445 g/mol. The molecule has 1 fully saturated rings. The van der Waals surface area contributed by atoms with Crippen molar-refractivity contribution in [3.8, 4) is 5.75 Å². The molecule has 172 valence electrons. The minimum Gasteiger partial charge on any atom is -0.506 e. The van der Waals surface area contributed by atoms with Crippen LogP contribution < -0.4 is 9.62 Å². The van der Waals surface area contributed by atoms with E-state index in [0.717, 1.165) is 17.8 Å². The molecule has 1 aliphatic rings. The maximum atomic E-state index is 13.2. The summed E-state index contributed by atoms with van der Waals surface area (Å²) in [7, 11) is -3.96. The number of amides is 1.